The Labute approximate surface area is 202 Å². The Bertz CT molecular complexity index is 1380. The van der Waals surface area contributed by atoms with Gasteiger partial charge >= 0.3 is 5.97 Å². The van der Waals surface area contributed by atoms with E-state index in [1.54, 1.807) is 30.3 Å². The van der Waals surface area contributed by atoms with Crippen molar-refractivity contribution in [3.05, 3.63) is 65.7 Å². The first kappa shape index (κ1) is 11.1. The number of rotatable bonds is 8. The quantitative estimate of drug-likeness (QED) is 0.591. The van der Waals surface area contributed by atoms with Crippen LogP contribution in [0.15, 0.2) is 54.6 Å². The van der Waals surface area contributed by atoms with Gasteiger partial charge in [-0.3, -0.25) is 9.59 Å². The average molecular weight is 438 g/mol. The second kappa shape index (κ2) is 9.96. The van der Waals surface area contributed by atoms with Crippen LogP contribution in [0.5, 0.6) is 5.75 Å². The summed E-state index contributed by atoms with van der Waals surface area (Å²) >= 11 is 0. The van der Waals surface area contributed by atoms with Gasteiger partial charge in [0.25, 0.3) is 0 Å². The highest BCUT2D eigenvalue weighted by atomic mass is 16.4. The van der Waals surface area contributed by atoms with Gasteiger partial charge in [-0.2, -0.15) is 0 Å². The van der Waals surface area contributed by atoms with E-state index in [1.807, 2.05) is 0 Å². The highest BCUT2D eigenvalue weighted by Gasteiger charge is 2.39. The monoisotopic (exact) mass is 437 g/mol. The van der Waals surface area contributed by atoms with Gasteiger partial charge in [-0.25, -0.2) is 0 Å². The maximum atomic E-state index is 13.2. The predicted molar refractivity (Wildman–Crippen MR) is 120 cm³/mol. The molecule has 2 aromatic rings. The zero-order valence-electron chi connectivity index (χ0n) is 29.6. The molecule has 0 spiro atoms. The summed E-state index contributed by atoms with van der Waals surface area (Å²) in [5.41, 5.74) is -4.17. The van der Waals surface area contributed by atoms with Gasteiger partial charge in [-0.1, -0.05) is 56.2 Å². The largest absolute Gasteiger partial charge is 0.508 e. The molecule has 1 fully saturated rings. The first-order chi connectivity index (χ1) is 19.9. The van der Waals surface area contributed by atoms with Crippen molar-refractivity contribution in [2.24, 2.45) is 11.8 Å². The molecule has 0 bridgehead atoms. The highest BCUT2D eigenvalue weighted by molar-refractivity contribution is 5.83. The summed E-state index contributed by atoms with van der Waals surface area (Å²) < 4.78 is 113. The molecule has 0 saturated carbocycles. The number of nitrogens with one attached hydrogen (secondary N) is 1. The van der Waals surface area contributed by atoms with Crippen LogP contribution in [0.1, 0.15) is 49.0 Å². The van der Waals surface area contributed by atoms with Crippen LogP contribution in [0.2, 0.25) is 0 Å². The summed E-state index contributed by atoms with van der Waals surface area (Å²) in [5.74, 6) is -8.67. The second-order valence-electron chi connectivity index (χ2n) is 7.13. The van der Waals surface area contributed by atoms with E-state index in [0.717, 1.165) is 18.2 Å². The molecule has 3 atom stereocenters. The van der Waals surface area contributed by atoms with Crippen LogP contribution < -0.4 is 5.32 Å². The fourth-order valence-corrected chi connectivity index (χ4v) is 3.17. The van der Waals surface area contributed by atoms with Crippen LogP contribution in [0, 0.1) is 11.8 Å². The Balaban J connectivity index is 2.38. The molecule has 166 valence electrons. The third-order valence-corrected chi connectivity index (χ3v) is 4.79. The van der Waals surface area contributed by atoms with Crippen molar-refractivity contribution in [3.63, 3.8) is 0 Å². The molecule has 2 aromatic carbocycles. The zero-order valence-corrected chi connectivity index (χ0v) is 16.6. The molecule has 6 heteroatoms. The van der Waals surface area contributed by atoms with Crippen LogP contribution in [0.4, 0.5) is 0 Å². The van der Waals surface area contributed by atoms with Gasteiger partial charge in [0.05, 0.1) is 5.92 Å². The molecule has 1 saturated heterocycles. The Kier molecular flexibility index (Phi) is 3.58. The van der Waals surface area contributed by atoms with Crippen molar-refractivity contribution in [2.75, 3.05) is 26.1 Å². The number of carbonyl (C=O) groups is 2. The van der Waals surface area contributed by atoms with E-state index in [0.29, 0.717) is 11.6 Å². The standard InChI is InChI=1S/C25H32N2O4/c1-18-16-27(12-11-25(18,2)21-9-6-10-22(28)14-21)17-20(24(31)26-15-23(29)30)13-19-7-4-3-5-8-19/h3-10,14,18,20,28H,11-13,15-17H2,1-2H3,(H,26,31)(H,29,30)/t18-,20-,25+/m0/s1/i1D3,2D3,11D2,12D2,16D2,18D. The molecule has 3 N–H and O–H groups in total. The minimum atomic E-state index is -4.02. The second-order valence-corrected chi connectivity index (χ2v) is 7.13. The summed E-state index contributed by atoms with van der Waals surface area (Å²) in [7, 11) is 0. The lowest BCUT2D eigenvalue weighted by atomic mass is 9.68. The van der Waals surface area contributed by atoms with Gasteiger partial charge in [0.15, 0.2) is 0 Å². The van der Waals surface area contributed by atoms with Crippen molar-refractivity contribution in [3.8, 4) is 5.75 Å². The molecule has 0 aromatic heterocycles. The first-order valence-corrected chi connectivity index (χ1v) is 9.52. The number of phenols is 1. The van der Waals surface area contributed by atoms with Gasteiger partial charge in [-0.15, -0.1) is 0 Å². The molecule has 31 heavy (non-hydrogen) atoms. The zero-order chi connectivity index (χ0) is 33.7. The molecule has 0 radical (unpaired) electrons. The van der Waals surface area contributed by atoms with Crippen LogP contribution in [-0.2, 0) is 21.4 Å². The normalized spacial score (nSPS) is 36.8. The minimum absolute atomic E-state index is 0.0418. The molecule has 1 aliphatic rings. The number of carbonyl (C=O) groups excluding carboxylic acids is 1. The van der Waals surface area contributed by atoms with Crippen molar-refractivity contribution in [1.29, 1.82) is 0 Å². The van der Waals surface area contributed by atoms with E-state index in [9.17, 15) is 16.1 Å². The van der Waals surface area contributed by atoms with Crippen LogP contribution in [-0.4, -0.2) is 53.1 Å². The Morgan fingerprint density at radius 2 is 2.13 bits per heavy atom. The molecular formula is C25H32N2O4. The number of aromatic hydroxyl groups is 1. The van der Waals surface area contributed by atoms with Crippen LogP contribution >= 0.6 is 0 Å². The molecule has 0 aliphatic carbocycles. The molecule has 1 amide bonds. The number of piperidine rings is 1. The molecular weight excluding hydrogens is 392 g/mol. The fourth-order valence-electron chi connectivity index (χ4n) is 3.17. The lowest BCUT2D eigenvalue weighted by molar-refractivity contribution is -0.138. The number of amides is 1. The van der Waals surface area contributed by atoms with E-state index in [2.05, 4.69) is 5.32 Å². The van der Waals surface area contributed by atoms with Gasteiger partial charge in [0.2, 0.25) is 5.91 Å². The Hall–Kier alpha value is -2.86. The number of phenolic OH excluding ortho intramolecular Hbond substituents is 1. The van der Waals surface area contributed by atoms with Crippen molar-refractivity contribution in [2.45, 2.75) is 31.9 Å². The smallest absolute Gasteiger partial charge is 0.322 e. The third kappa shape index (κ3) is 5.85. The summed E-state index contributed by atoms with van der Waals surface area (Å²) in [6, 6.07) is 11.6. The summed E-state index contributed by atoms with van der Waals surface area (Å²) in [6.45, 7) is -17.4. The average Bonchev–Trinajstić information content (AvgIpc) is 2.87. The van der Waals surface area contributed by atoms with Crippen LogP contribution in [0.25, 0.3) is 0 Å². The highest BCUT2D eigenvalue weighted by Crippen LogP contribution is 2.40. The van der Waals surface area contributed by atoms with E-state index >= 15 is 0 Å². The number of nitrogens with zero attached hydrogens (tertiary/aromatic N) is 1. The maximum Gasteiger partial charge on any atom is 0.322 e. The minimum Gasteiger partial charge on any atom is -0.508 e. The topological polar surface area (TPSA) is 89.9 Å². The maximum absolute atomic E-state index is 13.2. The van der Waals surface area contributed by atoms with Gasteiger partial charge in [-0.05, 0) is 53.9 Å². The Morgan fingerprint density at radius 3 is 2.81 bits per heavy atom. The van der Waals surface area contributed by atoms with E-state index in [-0.39, 0.29) is 11.3 Å². The van der Waals surface area contributed by atoms with Crippen molar-refractivity contribution >= 4 is 11.9 Å². The van der Waals surface area contributed by atoms with Crippen molar-refractivity contribution < 1.29 is 37.6 Å². The molecule has 1 aliphatic heterocycles. The van der Waals surface area contributed by atoms with Crippen molar-refractivity contribution in [1.82, 2.24) is 10.2 Å². The number of hydrogen-bond acceptors (Lipinski definition) is 4. The number of carboxylic acids is 1. The fraction of sp³-hybridized carbons (Fsp3) is 0.440. The third-order valence-electron chi connectivity index (χ3n) is 4.79. The number of aliphatic carboxylic acids is 1. The van der Waals surface area contributed by atoms with Gasteiger partial charge in [0, 0.05) is 30.9 Å². The molecule has 0 unspecified atom stereocenters. The Morgan fingerprint density at radius 1 is 1.32 bits per heavy atom. The molecule has 1 heterocycles. The van der Waals surface area contributed by atoms with E-state index < -0.39 is 86.6 Å². The SMILES string of the molecule is [2H]C1([2H])N(C[C@H](Cc2ccccc2)C(=O)NCC(=O)O)C([2H])([2H])[C@]([2H])(C([2H])([2H])[2H])[C@@](c2cccc(O)c2)(C([2H])([2H])[2H])C1([2H])[2H]. The predicted octanol–water partition coefficient (Wildman–Crippen LogP) is 3.05. The lowest BCUT2D eigenvalue weighted by Crippen LogP contribution is -2.50. The van der Waals surface area contributed by atoms with E-state index in [4.69, 9.17) is 21.6 Å². The lowest BCUT2D eigenvalue weighted by Gasteiger charge is -2.45. The van der Waals surface area contributed by atoms with E-state index in [1.165, 1.54) is 0 Å². The molecule has 3 rings (SSSR count). The number of likely N-dealkylation sites (tertiary alicyclic amines) is 1. The van der Waals surface area contributed by atoms with Gasteiger partial charge in [0.1, 0.15) is 12.3 Å². The number of hydrogen-bond donors (Lipinski definition) is 3. The summed E-state index contributed by atoms with van der Waals surface area (Å²) in [5, 5.41) is 21.4. The van der Waals surface area contributed by atoms with Gasteiger partial charge < -0.3 is 20.4 Å². The number of carboxylic acid groups (broad SMARTS) is 1. The summed E-state index contributed by atoms with van der Waals surface area (Å²) in [6.07, 6.45) is -4.19. The first-order valence-electron chi connectivity index (χ1n) is 16.0. The molecule has 6 nitrogen and oxygen atoms in total. The van der Waals surface area contributed by atoms with Crippen LogP contribution in [0.3, 0.4) is 0 Å². The summed E-state index contributed by atoms with van der Waals surface area (Å²) in [4.78, 5) is 24.4. The number of benzene rings is 2.